The van der Waals surface area contributed by atoms with E-state index in [0.29, 0.717) is 19.4 Å². The van der Waals surface area contributed by atoms with Crippen molar-refractivity contribution < 1.29 is 19.2 Å². The highest BCUT2D eigenvalue weighted by atomic mass is 32.1. The maximum Gasteiger partial charge on any atom is 0.244 e. The third-order valence-electron chi connectivity index (χ3n) is 9.28. The number of guanidine groups is 1. The van der Waals surface area contributed by atoms with Crippen molar-refractivity contribution >= 4 is 53.0 Å². The van der Waals surface area contributed by atoms with Crippen molar-refractivity contribution in [2.75, 3.05) is 18.8 Å². The molecule has 0 saturated carbocycles. The Labute approximate surface area is 333 Å². The number of carbonyl (C=O) groups is 4. The lowest BCUT2D eigenvalue weighted by Gasteiger charge is -2.25. The minimum Gasteiger partial charge on any atom is -0.370 e. The maximum absolute atomic E-state index is 14.0. The predicted octanol–water partition coefficient (Wildman–Crippen LogP) is 4.09. The van der Waals surface area contributed by atoms with Gasteiger partial charge in [0.1, 0.15) is 18.1 Å². The summed E-state index contributed by atoms with van der Waals surface area (Å²) in [7, 11) is 0. The molecule has 0 aromatic heterocycles. The van der Waals surface area contributed by atoms with Crippen molar-refractivity contribution in [3.8, 4) is 11.1 Å². The van der Waals surface area contributed by atoms with E-state index in [1.54, 1.807) is 0 Å². The van der Waals surface area contributed by atoms with E-state index >= 15 is 0 Å². The fourth-order valence-corrected chi connectivity index (χ4v) is 6.55. The van der Waals surface area contributed by atoms with Gasteiger partial charge in [-0.25, -0.2) is 0 Å². The molecule has 11 nitrogen and oxygen atoms in total. The SMILES string of the molecule is NC(N)=NCCC[C@H](NC(=O)[C@H](CS)NC(=O)Cc1ccc(-c2ccccc2)cc1)C(=O)N[C@@H](Cc1ccc2ccccc2c1)C(=O)NCCc1ccccc1. The Bertz CT molecular complexity index is 2090. The number of hydrogen-bond donors (Lipinski definition) is 7. The van der Waals surface area contributed by atoms with Gasteiger partial charge in [0.25, 0.3) is 0 Å². The summed E-state index contributed by atoms with van der Waals surface area (Å²) in [5.41, 5.74) is 15.8. The number of nitrogens with two attached hydrogens (primary N) is 2. The average molecular weight is 772 g/mol. The Morgan fingerprint density at radius 3 is 1.91 bits per heavy atom. The average Bonchev–Trinajstić information content (AvgIpc) is 3.21. The summed E-state index contributed by atoms with van der Waals surface area (Å²) in [6, 6.07) is 38.1. The number of amides is 4. The van der Waals surface area contributed by atoms with Crippen LogP contribution in [-0.2, 0) is 38.4 Å². The summed E-state index contributed by atoms with van der Waals surface area (Å²) in [4.78, 5) is 58.5. The Balaban J connectivity index is 1.27. The fraction of sp³-hybridized carbons (Fsp3) is 0.250. The molecule has 4 amide bonds. The summed E-state index contributed by atoms with van der Waals surface area (Å²) in [6.45, 7) is 0.588. The molecule has 0 bridgehead atoms. The highest BCUT2D eigenvalue weighted by Gasteiger charge is 2.29. The van der Waals surface area contributed by atoms with Crippen LogP contribution in [0.15, 0.2) is 132 Å². The van der Waals surface area contributed by atoms with Gasteiger partial charge in [-0.05, 0) is 57.9 Å². The second-order valence-electron chi connectivity index (χ2n) is 13.5. The predicted molar refractivity (Wildman–Crippen MR) is 226 cm³/mol. The van der Waals surface area contributed by atoms with Crippen LogP contribution in [-0.4, -0.2) is 66.6 Å². The van der Waals surface area contributed by atoms with Crippen LogP contribution in [0.2, 0.25) is 0 Å². The number of aliphatic imine (C=N–C) groups is 1. The number of benzene rings is 5. The molecule has 0 spiro atoms. The zero-order chi connectivity index (χ0) is 39.7. The smallest absolute Gasteiger partial charge is 0.244 e. The molecule has 8 N–H and O–H groups in total. The van der Waals surface area contributed by atoms with Gasteiger partial charge >= 0.3 is 0 Å². The van der Waals surface area contributed by atoms with Gasteiger partial charge in [-0.2, -0.15) is 12.6 Å². The third-order valence-corrected chi connectivity index (χ3v) is 9.65. The molecule has 0 radical (unpaired) electrons. The van der Waals surface area contributed by atoms with Gasteiger partial charge in [0, 0.05) is 25.3 Å². The van der Waals surface area contributed by atoms with E-state index in [1.165, 1.54) is 0 Å². The van der Waals surface area contributed by atoms with Gasteiger partial charge in [0.05, 0.1) is 6.42 Å². The van der Waals surface area contributed by atoms with E-state index in [0.717, 1.165) is 38.6 Å². The number of rotatable bonds is 19. The van der Waals surface area contributed by atoms with Crippen molar-refractivity contribution in [2.45, 2.75) is 50.2 Å². The number of fused-ring (bicyclic) bond motifs is 1. The van der Waals surface area contributed by atoms with E-state index in [4.69, 9.17) is 11.5 Å². The van der Waals surface area contributed by atoms with Gasteiger partial charge < -0.3 is 32.7 Å². The van der Waals surface area contributed by atoms with Gasteiger partial charge in [-0.15, -0.1) is 0 Å². The summed E-state index contributed by atoms with van der Waals surface area (Å²) in [6.07, 6.45) is 1.39. The number of hydrogen-bond acceptors (Lipinski definition) is 6. The van der Waals surface area contributed by atoms with E-state index in [9.17, 15) is 19.2 Å². The number of nitrogens with zero attached hydrogens (tertiary/aromatic N) is 1. The second kappa shape index (κ2) is 21.1. The molecule has 5 aromatic rings. The lowest BCUT2D eigenvalue weighted by molar-refractivity contribution is -0.133. The Morgan fingerprint density at radius 2 is 1.21 bits per heavy atom. The van der Waals surface area contributed by atoms with Crippen LogP contribution in [0.1, 0.15) is 29.5 Å². The molecular weight excluding hydrogens is 723 g/mol. The van der Waals surface area contributed by atoms with Crippen LogP contribution in [0.5, 0.6) is 0 Å². The number of thiol groups is 1. The topological polar surface area (TPSA) is 181 Å². The molecular formula is C44H49N7O4S. The molecule has 56 heavy (non-hydrogen) atoms. The summed E-state index contributed by atoms with van der Waals surface area (Å²) in [5, 5.41) is 13.5. The minimum atomic E-state index is -1.07. The first-order valence-electron chi connectivity index (χ1n) is 18.7. The molecule has 3 atom stereocenters. The Hall–Kier alpha value is -6.14. The van der Waals surface area contributed by atoms with Gasteiger partial charge in [-0.1, -0.05) is 127 Å². The molecule has 0 aliphatic heterocycles. The largest absolute Gasteiger partial charge is 0.370 e. The molecule has 0 aliphatic carbocycles. The number of carbonyl (C=O) groups excluding carboxylic acids is 4. The van der Waals surface area contributed by atoms with Crippen molar-refractivity contribution in [3.05, 3.63) is 144 Å². The quantitative estimate of drug-likeness (QED) is 0.0288. The molecule has 0 heterocycles. The fourth-order valence-electron chi connectivity index (χ4n) is 6.30. The zero-order valence-corrected chi connectivity index (χ0v) is 32.1. The summed E-state index contributed by atoms with van der Waals surface area (Å²) in [5.74, 6) is -1.98. The van der Waals surface area contributed by atoms with Crippen molar-refractivity contribution in [1.29, 1.82) is 0 Å². The van der Waals surface area contributed by atoms with E-state index in [2.05, 4.69) is 38.9 Å². The van der Waals surface area contributed by atoms with Crippen LogP contribution in [0.25, 0.3) is 21.9 Å². The van der Waals surface area contributed by atoms with Gasteiger partial charge in [0.15, 0.2) is 5.96 Å². The minimum absolute atomic E-state index is 0.0126. The zero-order valence-electron chi connectivity index (χ0n) is 31.2. The highest BCUT2D eigenvalue weighted by Crippen LogP contribution is 2.20. The van der Waals surface area contributed by atoms with E-state index in [-0.39, 0.29) is 49.3 Å². The van der Waals surface area contributed by atoms with Crippen molar-refractivity contribution in [1.82, 2.24) is 21.3 Å². The summed E-state index contributed by atoms with van der Waals surface area (Å²) < 4.78 is 0. The molecule has 0 saturated heterocycles. The monoisotopic (exact) mass is 771 g/mol. The number of nitrogens with one attached hydrogen (secondary N) is 4. The normalized spacial score (nSPS) is 12.4. The molecule has 290 valence electrons. The van der Waals surface area contributed by atoms with Crippen LogP contribution in [0, 0.1) is 0 Å². The molecule has 5 aromatic carbocycles. The van der Waals surface area contributed by atoms with Crippen LogP contribution in [0.4, 0.5) is 0 Å². The molecule has 0 fully saturated rings. The third kappa shape index (κ3) is 12.7. The second-order valence-corrected chi connectivity index (χ2v) is 13.9. The molecule has 0 aliphatic rings. The van der Waals surface area contributed by atoms with Crippen LogP contribution >= 0.6 is 12.6 Å². The van der Waals surface area contributed by atoms with Crippen LogP contribution in [0.3, 0.4) is 0 Å². The first kappa shape index (κ1) is 41.0. The van der Waals surface area contributed by atoms with E-state index < -0.39 is 29.9 Å². The van der Waals surface area contributed by atoms with Gasteiger partial charge in [-0.3, -0.25) is 24.2 Å². The maximum atomic E-state index is 14.0. The van der Waals surface area contributed by atoms with E-state index in [1.807, 2.05) is 127 Å². The van der Waals surface area contributed by atoms with Crippen LogP contribution < -0.4 is 32.7 Å². The van der Waals surface area contributed by atoms with Crippen molar-refractivity contribution in [2.24, 2.45) is 16.5 Å². The Morgan fingerprint density at radius 1 is 0.607 bits per heavy atom. The van der Waals surface area contributed by atoms with Crippen molar-refractivity contribution in [3.63, 3.8) is 0 Å². The summed E-state index contributed by atoms with van der Waals surface area (Å²) >= 11 is 4.34. The molecule has 5 rings (SSSR count). The molecule has 12 heteroatoms. The first-order chi connectivity index (χ1) is 27.2. The highest BCUT2D eigenvalue weighted by molar-refractivity contribution is 7.80. The standard InChI is InChI=1S/C44H49N7O4S/c45-44(46)48-24-9-16-37(50-43(55)39(29-56)49-40(52)28-31-17-20-35(21-18-31)33-12-5-2-6-13-33)42(54)51-38(41(53)47-25-23-30-10-3-1-4-11-30)27-32-19-22-34-14-7-8-15-36(34)26-32/h1-8,10-15,17-22,26,37-39,56H,9,16,23-25,27-29H2,(H,47,53)(H,49,52)(H,50,55)(H,51,54)(H4,45,46,48)/t37-,38-,39-/m0/s1. The lowest BCUT2D eigenvalue weighted by Crippen LogP contribution is -2.57. The molecule has 0 unspecified atom stereocenters. The van der Waals surface area contributed by atoms with Gasteiger partial charge in [0.2, 0.25) is 23.6 Å². The Kier molecular flexibility index (Phi) is 15.4. The lowest BCUT2D eigenvalue weighted by atomic mass is 10.0. The first-order valence-corrected chi connectivity index (χ1v) is 19.3.